The summed E-state index contributed by atoms with van der Waals surface area (Å²) >= 11 is 0. The van der Waals surface area contributed by atoms with E-state index in [1.165, 1.54) is 0 Å². The highest BCUT2D eigenvalue weighted by Gasteiger charge is 2.08. The molecule has 0 aromatic heterocycles. The molecule has 0 spiro atoms. The Morgan fingerprint density at radius 1 is 1.26 bits per heavy atom. The Kier molecular flexibility index (Phi) is 9.67. The van der Waals surface area contributed by atoms with E-state index in [9.17, 15) is 4.79 Å². The van der Waals surface area contributed by atoms with E-state index >= 15 is 0 Å². The van der Waals surface area contributed by atoms with Gasteiger partial charge in [0.25, 0.3) is 0 Å². The molecule has 23 heavy (non-hydrogen) atoms. The summed E-state index contributed by atoms with van der Waals surface area (Å²) in [5, 5.41) is 6.35. The zero-order chi connectivity index (χ0) is 15.6. The highest BCUT2D eigenvalue weighted by Crippen LogP contribution is 2.12. The number of hydrogen-bond donors (Lipinski definition) is 2. The first-order chi connectivity index (χ1) is 10.8. The van der Waals surface area contributed by atoms with E-state index < -0.39 is 0 Å². The van der Waals surface area contributed by atoms with Gasteiger partial charge in [0.15, 0.2) is 0 Å². The molecule has 0 unspecified atom stereocenters. The number of methoxy groups -OCH3 is 1. The number of nitrogens with zero attached hydrogens (tertiary/aromatic N) is 1. The number of carbonyl (C=O) groups is 1. The lowest BCUT2D eigenvalue weighted by molar-refractivity contribution is -0.121. The van der Waals surface area contributed by atoms with Gasteiger partial charge in [-0.2, -0.15) is 0 Å². The number of aryl methyl sites for hydroxylation is 1. The van der Waals surface area contributed by atoms with Crippen LogP contribution in [-0.4, -0.2) is 57.2 Å². The molecular weight excluding hydrogens is 314 g/mol. The van der Waals surface area contributed by atoms with Crippen molar-refractivity contribution in [3.05, 3.63) is 29.8 Å². The van der Waals surface area contributed by atoms with Crippen molar-refractivity contribution in [3.8, 4) is 5.75 Å². The van der Waals surface area contributed by atoms with Gasteiger partial charge in [-0.3, -0.25) is 4.79 Å². The molecule has 0 radical (unpaired) electrons. The number of nitrogens with one attached hydrogen (secondary N) is 2. The summed E-state index contributed by atoms with van der Waals surface area (Å²) < 4.78 is 5.12. The van der Waals surface area contributed by atoms with E-state index in [4.69, 9.17) is 4.74 Å². The number of halogens is 1. The Bertz CT molecular complexity index is 448. The minimum absolute atomic E-state index is 0. The monoisotopic (exact) mass is 341 g/mol. The van der Waals surface area contributed by atoms with Crippen LogP contribution in [0.3, 0.4) is 0 Å². The third-order valence-electron chi connectivity index (χ3n) is 3.98. The second-order valence-electron chi connectivity index (χ2n) is 5.64. The summed E-state index contributed by atoms with van der Waals surface area (Å²) in [6.07, 6.45) is 2.34. The van der Waals surface area contributed by atoms with Gasteiger partial charge in [0.2, 0.25) is 5.91 Å². The minimum Gasteiger partial charge on any atom is -0.497 e. The first-order valence-electron chi connectivity index (χ1n) is 8.10. The molecule has 2 N–H and O–H groups in total. The molecule has 2 rings (SSSR count). The normalized spacial score (nSPS) is 14.8. The topological polar surface area (TPSA) is 53.6 Å². The number of amides is 1. The van der Waals surface area contributed by atoms with Gasteiger partial charge in [0.05, 0.1) is 7.11 Å². The third kappa shape index (κ3) is 7.68. The second-order valence-corrected chi connectivity index (χ2v) is 5.64. The Morgan fingerprint density at radius 2 is 1.96 bits per heavy atom. The molecule has 0 atom stereocenters. The summed E-state index contributed by atoms with van der Waals surface area (Å²) in [4.78, 5) is 14.3. The fourth-order valence-electron chi connectivity index (χ4n) is 2.60. The molecule has 1 aromatic carbocycles. The van der Waals surface area contributed by atoms with E-state index in [1.807, 2.05) is 24.3 Å². The number of rotatable bonds is 8. The average Bonchev–Trinajstić information content (AvgIpc) is 2.58. The molecule has 1 heterocycles. The summed E-state index contributed by atoms with van der Waals surface area (Å²) in [6.45, 7) is 6.23. The molecule has 1 fully saturated rings. The van der Waals surface area contributed by atoms with Gasteiger partial charge < -0.3 is 20.3 Å². The maximum atomic E-state index is 11.8. The Morgan fingerprint density at radius 3 is 2.61 bits per heavy atom. The lowest BCUT2D eigenvalue weighted by atomic mass is 10.1. The van der Waals surface area contributed by atoms with Crippen LogP contribution in [0.25, 0.3) is 0 Å². The van der Waals surface area contributed by atoms with Crippen LogP contribution in [0.1, 0.15) is 18.4 Å². The van der Waals surface area contributed by atoms with Gasteiger partial charge in [-0.05, 0) is 37.1 Å². The van der Waals surface area contributed by atoms with Gasteiger partial charge in [0.1, 0.15) is 5.75 Å². The van der Waals surface area contributed by atoms with Crippen LogP contribution in [0.15, 0.2) is 24.3 Å². The smallest absolute Gasteiger partial charge is 0.220 e. The highest BCUT2D eigenvalue weighted by atomic mass is 35.5. The number of benzene rings is 1. The zero-order valence-corrected chi connectivity index (χ0v) is 14.7. The number of carbonyl (C=O) groups excluding carboxylic acids is 1. The third-order valence-corrected chi connectivity index (χ3v) is 3.98. The predicted molar refractivity (Wildman–Crippen MR) is 95.5 cm³/mol. The van der Waals surface area contributed by atoms with E-state index in [0.717, 1.165) is 63.4 Å². The van der Waals surface area contributed by atoms with Crippen molar-refractivity contribution >= 4 is 18.3 Å². The first kappa shape index (κ1) is 19.7. The molecule has 130 valence electrons. The SMILES string of the molecule is COc1ccc(CCC(=O)NCCCN2CCNCC2)cc1.Cl. The maximum absolute atomic E-state index is 11.8. The van der Waals surface area contributed by atoms with Crippen molar-refractivity contribution in [1.82, 2.24) is 15.5 Å². The van der Waals surface area contributed by atoms with Crippen molar-refractivity contribution in [1.29, 1.82) is 0 Å². The lowest BCUT2D eigenvalue weighted by Crippen LogP contribution is -2.44. The number of hydrogen-bond acceptors (Lipinski definition) is 4. The molecule has 1 amide bonds. The lowest BCUT2D eigenvalue weighted by Gasteiger charge is -2.27. The fourth-order valence-corrected chi connectivity index (χ4v) is 2.60. The van der Waals surface area contributed by atoms with Gasteiger partial charge in [-0.1, -0.05) is 12.1 Å². The molecule has 6 heteroatoms. The van der Waals surface area contributed by atoms with Gasteiger partial charge in [0, 0.05) is 39.1 Å². The fraction of sp³-hybridized carbons (Fsp3) is 0.588. The van der Waals surface area contributed by atoms with Gasteiger partial charge in [-0.15, -0.1) is 12.4 Å². The molecule has 1 aliphatic heterocycles. The van der Waals surface area contributed by atoms with Crippen LogP contribution in [0.2, 0.25) is 0 Å². The molecule has 1 saturated heterocycles. The van der Waals surface area contributed by atoms with Crippen molar-refractivity contribution in [3.63, 3.8) is 0 Å². The van der Waals surface area contributed by atoms with Gasteiger partial charge in [-0.25, -0.2) is 0 Å². The van der Waals surface area contributed by atoms with Crippen molar-refractivity contribution in [2.75, 3.05) is 46.4 Å². The van der Waals surface area contributed by atoms with Crippen LogP contribution >= 0.6 is 12.4 Å². The van der Waals surface area contributed by atoms with Crippen LogP contribution in [0.5, 0.6) is 5.75 Å². The summed E-state index contributed by atoms with van der Waals surface area (Å²) in [5.74, 6) is 0.984. The molecule has 1 aliphatic rings. The molecule has 1 aromatic rings. The van der Waals surface area contributed by atoms with Crippen LogP contribution in [0.4, 0.5) is 0 Å². The van der Waals surface area contributed by atoms with Crippen molar-refractivity contribution < 1.29 is 9.53 Å². The molecule has 5 nitrogen and oxygen atoms in total. The quantitative estimate of drug-likeness (QED) is 0.703. The second kappa shape index (κ2) is 11.3. The van der Waals surface area contributed by atoms with E-state index in [2.05, 4.69) is 15.5 Å². The van der Waals surface area contributed by atoms with Crippen molar-refractivity contribution in [2.45, 2.75) is 19.3 Å². The predicted octanol–water partition coefficient (Wildman–Crippen LogP) is 1.46. The largest absolute Gasteiger partial charge is 0.497 e. The Balaban J connectivity index is 0.00000264. The standard InChI is InChI=1S/C17H27N3O2.ClH/c1-22-16-6-3-15(4-7-16)5-8-17(21)19-9-2-12-20-13-10-18-11-14-20;/h3-4,6-7,18H,2,5,8-14H2,1H3,(H,19,21);1H. The molecule has 0 saturated carbocycles. The summed E-state index contributed by atoms with van der Waals surface area (Å²) in [6, 6.07) is 7.88. The van der Waals surface area contributed by atoms with Crippen LogP contribution < -0.4 is 15.4 Å². The average molecular weight is 342 g/mol. The summed E-state index contributed by atoms with van der Waals surface area (Å²) in [5.41, 5.74) is 1.16. The first-order valence-corrected chi connectivity index (χ1v) is 8.10. The number of ether oxygens (including phenoxy) is 1. The van der Waals surface area contributed by atoms with Crippen LogP contribution in [-0.2, 0) is 11.2 Å². The van der Waals surface area contributed by atoms with Crippen LogP contribution in [0, 0.1) is 0 Å². The van der Waals surface area contributed by atoms with E-state index in [1.54, 1.807) is 7.11 Å². The molecule has 0 bridgehead atoms. The molecular formula is C17H28ClN3O2. The van der Waals surface area contributed by atoms with Crippen molar-refractivity contribution in [2.24, 2.45) is 0 Å². The number of piperazine rings is 1. The van der Waals surface area contributed by atoms with E-state index in [-0.39, 0.29) is 18.3 Å². The summed E-state index contributed by atoms with van der Waals surface area (Å²) in [7, 11) is 1.66. The Hall–Kier alpha value is -1.30. The van der Waals surface area contributed by atoms with Gasteiger partial charge >= 0.3 is 0 Å². The minimum atomic E-state index is 0. The Labute approximate surface area is 145 Å². The zero-order valence-electron chi connectivity index (χ0n) is 13.8. The highest BCUT2D eigenvalue weighted by molar-refractivity contribution is 5.85. The van der Waals surface area contributed by atoms with E-state index in [0.29, 0.717) is 6.42 Å². The maximum Gasteiger partial charge on any atom is 0.220 e. The molecule has 0 aliphatic carbocycles.